The summed E-state index contributed by atoms with van der Waals surface area (Å²) >= 11 is 6.03. The number of fused-ring (bicyclic) bond motifs is 1. The van der Waals surface area contributed by atoms with E-state index in [1.165, 1.54) is 12.1 Å². The molecule has 6 nitrogen and oxygen atoms in total. The van der Waals surface area contributed by atoms with Gasteiger partial charge in [0, 0.05) is 39.4 Å². The van der Waals surface area contributed by atoms with E-state index in [1.54, 1.807) is 61.7 Å². The minimum Gasteiger partial charge on any atom is -0.497 e. The number of hydrogen-bond acceptors (Lipinski definition) is 5. The lowest BCUT2D eigenvalue weighted by Crippen LogP contribution is -2.01. The number of carbonyl (C=O) groups excluding carboxylic acids is 1. The molecule has 0 aliphatic heterocycles. The molecule has 0 spiro atoms. The Hall–Kier alpha value is -3.77. The van der Waals surface area contributed by atoms with E-state index in [2.05, 4.69) is 0 Å². The zero-order valence-electron chi connectivity index (χ0n) is 15.8. The number of carbonyl (C=O) groups is 1. The maximum Gasteiger partial charge on any atom is 0.270 e. The minimum atomic E-state index is -0.483. The Morgan fingerprint density at radius 2 is 1.70 bits per heavy atom. The van der Waals surface area contributed by atoms with Crippen LogP contribution < -0.4 is 4.74 Å². The summed E-state index contributed by atoms with van der Waals surface area (Å²) in [6, 6.07) is 18.7. The molecule has 0 amide bonds. The summed E-state index contributed by atoms with van der Waals surface area (Å²) in [7, 11) is 1.58. The molecule has 3 aromatic carbocycles. The summed E-state index contributed by atoms with van der Waals surface area (Å²) in [6.45, 7) is 0. The molecular weight excluding hydrogens is 404 g/mol. The van der Waals surface area contributed by atoms with Gasteiger partial charge in [0.15, 0.2) is 6.29 Å². The van der Waals surface area contributed by atoms with Crippen LogP contribution in [0.15, 0.2) is 71.7 Å². The fourth-order valence-corrected chi connectivity index (χ4v) is 3.53. The number of ether oxygens (including phenoxy) is 1. The van der Waals surface area contributed by atoms with E-state index in [-0.39, 0.29) is 5.69 Å². The summed E-state index contributed by atoms with van der Waals surface area (Å²) in [6.07, 6.45) is 0.711. The monoisotopic (exact) mass is 418 g/mol. The van der Waals surface area contributed by atoms with E-state index in [9.17, 15) is 14.9 Å². The van der Waals surface area contributed by atoms with Crippen molar-refractivity contribution in [3.05, 3.63) is 98.6 Å². The van der Waals surface area contributed by atoms with Crippen molar-refractivity contribution in [1.82, 2.24) is 0 Å². The fourth-order valence-electron chi connectivity index (χ4n) is 3.41. The lowest BCUT2D eigenvalue weighted by molar-refractivity contribution is -0.384. The zero-order valence-corrected chi connectivity index (χ0v) is 16.6. The van der Waals surface area contributed by atoms with E-state index in [0.717, 1.165) is 5.56 Å². The van der Waals surface area contributed by atoms with Crippen molar-refractivity contribution >= 4 is 46.1 Å². The van der Waals surface area contributed by atoms with Crippen LogP contribution in [0, 0.1) is 10.1 Å². The maximum absolute atomic E-state index is 12.1. The average molecular weight is 419 g/mol. The first-order valence-corrected chi connectivity index (χ1v) is 9.37. The van der Waals surface area contributed by atoms with Gasteiger partial charge >= 0.3 is 0 Å². The Morgan fingerprint density at radius 3 is 2.30 bits per heavy atom. The minimum absolute atomic E-state index is 0.0887. The number of non-ortho nitro benzene ring substituents is 1. The van der Waals surface area contributed by atoms with Crippen LogP contribution in [-0.4, -0.2) is 24.0 Å². The number of nitro groups is 1. The Labute approximate surface area is 177 Å². The van der Waals surface area contributed by atoms with Crippen LogP contribution in [0.25, 0.3) is 11.1 Å². The van der Waals surface area contributed by atoms with Crippen molar-refractivity contribution < 1.29 is 14.5 Å². The molecule has 4 rings (SSSR count). The number of aliphatic imine (C=N–C) groups is 1. The predicted molar refractivity (Wildman–Crippen MR) is 117 cm³/mol. The van der Waals surface area contributed by atoms with Crippen LogP contribution in [0.2, 0.25) is 5.02 Å². The number of methoxy groups -OCH3 is 1. The second kappa shape index (κ2) is 7.93. The van der Waals surface area contributed by atoms with Gasteiger partial charge in [-0.1, -0.05) is 23.7 Å². The highest BCUT2D eigenvalue weighted by atomic mass is 35.5. The molecule has 3 aromatic rings. The third-order valence-corrected chi connectivity index (χ3v) is 5.08. The van der Waals surface area contributed by atoms with E-state index >= 15 is 0 Å². The second-order valence-corrected chi connectivity index (χ2v) is 7.00. The number of benzene rings is 3. The largest absolute Gasteiger partial charge is 0.497 e. The Morgan fingerprint density at radius 1 is 1.00 bits per heavy atom. The molecule has 0 unspecified atom stereocenters. The Kier molecular flexibility index (Phi) is 5.16. The van der Waals surface area contributed by atoms with Gasteiger partial charge in [-0.15, -0.1) is 0 Å². The van der Waals surface area contributed by atoms with Crippen molar-refractivity contribution in [1.29, 1.82) is 0 Å². The van der Waals surface area contributed by atoms with Gasteiger partial charge in [-0.3, -0.25) is 14.9 Å². The molecule has 0 heterocycles. The van der Waals surface area contributed by atoms with Crippen molar-refractivity contribution in [2.45, 2.75) is 0 Å². The topological polar surface area (TPSA) is 81.8 Å². The SMILES string of the molecule is COc1ccc(N=C2C(c3ccc(Cl)cc3)=C(C=O)c3cc([N+](=O)[O-])ccc32)cc1. The molecule has 148 valence electrons. The van der Waals surface area contributed by atoms with E-state index in [0.29, 0.717) is 50.7 Å². The van der Waals surface area contributed by atoms with Crippen LogP contribution in [0.4, 0.5) is 11.4 Å². The first-order chi connectivity index (χ1) is 14.5. The molecule has 0 saturated carbocycles. The summed E-state index contributed by atoms with van der Waals surface area (Å²) in [5.74, 6) is 0.698. The van der Waals surface area contributed by atoms with Gasteiger partial charge in [0.1, 0.15) is 5.75 Å². The summed E-state index contributed by atoms with van der Waals surface area (Å²) in [5.41, 5.74) is 3.97. The smallest absolute Gasteiger partial charge is 0.270 e. The summed E-state index contributed by atoms with van der Waals surface area (Å²) < 4.78 is 5.19. The first-order valence-electron chi connectivity index (χ1n) is 8.99. The van der Waals surface area contributed by atoms with Crippen LogP contribution in [0.1, 0.15) is 16.7 Å². The predicted octanol–water partition coefficient (Wildman–Crippen LogP) is 5.50. The van der Waals surface area contributed by atoms with Crippen molar-refractivity contribution in [2.75, 3.05) is 7.11 Å². The van der Waals surface area contributed by atoms with Gasteiger partial charge in [0.05, 0.1) is 23.4 Å². The molecule has 0 aromatic heterocycles. The van der Waals surface area contributed by atoms with Gasteiger partial charge in [-0.2, -0.15) is 0 Å². The number of rotatable bonds is 5. The molecule has 0 radical (unpaired) electrons. The van der Waals surface area contributed by atoms with Gasteiger partial charge in [0.25, 0.3) is 5.69 Å². The molecule has 30 heavy (non-hydrogen) atoms. The third kappa shape index (κ3) is 3.49. The van der Waals surface area contributed by atoms with Crippen LogP contribution >= 0.6 is 11.6 Å². The molecule has 0 fully saturated rings. The molecule has 1 aliphatic carbocycles. The third-order valence-electron chi connectivity index (χ3n) is 4.83. The van der Waals surface area contributed by atoms with Crippen molar-refractivity contribution in [2.24, 2.45) is 4.99 Å². The van der Waals surface area contributed by atoms with Crippen molar-refractivity contribution in [3.63, 3.8) is 0 Å². The van der Waals surface area contributed by atoms with E-state index in [4.69, 9.17) is 21.3 Å². The molecule has 0 N–H and O–H groups in total. The molecule has 0 saturated heterocycles. The molecule has 0 bridgehead atoms. The number of aldehydes is 1. The maximum atomic E-state index is 12.1. The Balaban J connectivity index is 1.96. The number of nitro benzene ring substituents is 1. The molecular formula is C23H15ClN2O4. The van der Waals surface area contributed by atoms with E-state index in [1.807, 2.05) is 0 Å². The van der Waals surface area contributed by atoms with Crippen LogP contribution in [-0.2, 0) is 4.79 Å². The second-order valence-electron chi connectivity index (χ2n) is 6.56. The molecule has 1 aliphatic rings. The van der Waals surface area contributed by atoms with Gasteiger partial charge in [0.2, 0.25) is 0 Å². The fraction of sp³-hybridized carbons (Fsp3) is 0.0435. The Bertz CT molecular complexity index is 1210. The van der Waals surface area contributed by atoms with Crippen molar-refractivity contribution in [3.8, 4) is 5.75 Å². The van der Waals surface area contributed by atoms with Gasteiger partial charge < -0.3 is 4.74 Å². The van der Waals surface area contributed by atoms with Gasteiger partial charge in [-0.25, -0.2) is 4.99 Å². The highest BCUT2D eigenvalue weighted by Gasteiger charge is 2.30. The first kappa shape index (κ1) is 19.5. The highest BCUT2D eigenvalue weighted by molar-refractivity contribution is 6.48. The lowest BCUT2D eigenvalue weighted by Gasteiger charge is -2.08. The number of halogens is 1. The number of nitrogens with zero attached hydrogens (tertiary/aromatic N) is 2. The zero-order chi connectivity index (χ0) is 21.3. The normalized spacial score (nSPS) is 14.0. The van der Waals surface area contributed by atoms with Crippen LogP contribution in [0.5, 0.6) is 5.75 Å². The molecule has 7 heteroatoms. The average Bonchev–Trinajstić information content (AvgIpc) is 3.07. The van der Waals surface area contributed by atoms with E-state index < -0.39 is 4.92 Å². The number of hydrogen-bond donors (Lipinski definition) is 0. The highest BCUT2D eigenvalue weighted by Crippen LogP contribution is 2.40. The lowest BCUT2D eigenvalue weighted by atomic mass is 9.99. The molecule has 0 atom stereocenters. The quantitative estimate of drug-likeness (QED) is 0.311. The summed E-state index contributed by atoms with van der Waals surface area (Å²) in [5, 5.41) is 11.8. The number of allylic oxidation sites excluding steroid dienone is 2. The van der Waals surface area contributed by atoms with Gasteiger partial charge in [-0.05, 0) is 48.0 Å². The summed E-state index contributed by atoms with van der Waals surface area (Å²) in [4.78, 5) is 27.6. The standard InChI is InChI=1S/C23H15ClN2O4/c1-30-18-9-6-16(7-10-18)25-23-19-11-8-17(26(28)29)12-20(19)21(13-27)22(23)14-2-4-15(24)5-3-14/h2-13H,1H3. The van der Waals surface area contributed by atoms with Crippen LogP contribution in [0.3, 0.4) is 0 Å².